The second-order valence-corrected chi connectivity index (χ2v) is 14.9. The first-order valence-electron chi connectivity index (χ1n) is 21.5. The number of benzene rings is 8. The molecule has 57 heavy (non-hydrogen) atoms. The van der Waals surface area contributed by atoms with E-state index in [-0.39, 0.29) is 58.1 Å². The molecule has 0 aliphatic heterocycles. The van der Waals surface area contributed by atoms with Crippen LogP contribution in [0, 0.1) is 0 Å². The molecule has 0 atom stereocenters. The van der Waals surface area contributed by atoms with Crippen molar-refractivity contribution < 1.29 is 12.6 Å². The van der Waals surface area contributed by atoms with Crippen molar-refractivity contribution in [1.82, 2.24) is 19.5 Å². The van der Waals surface area contributed by atoms with E-state index in [9.17, 15) is 2.74 Å². The molecule has 5 nitrogen and oxygen atoms in total. The lowest BCUT2D eigenvalue weighted by atomic mass is 9.99. The summed E-state index contributed by atoms with van der Waals surface area (Å²) in [7, 11) is 0. The standard InChI is InChI=1S/C51H30N4OS/c1-2-14-31(15-3-1)49-52-50(54-51(53-49)41-23-13-22-39-37-19-7-11-27-46(37)57-48(39)41)40-29-28-32(33-20-12-21-38-36-18-6-10-26-45(36)56-47(33)38)30-44(40)55-42-24-8-4-16-34(42)35-17-5-9-25-43(35)55/h1-30H/i4D,5D,16D,17D,24D,25D. The van der Waals surface area contributed by atoms with Gasteiger partial charge < -0.3 is 8.98 Å². The monoisotopic (exact) mass is 752 g/mol. The highest BCUT2D eigenvalue weighted by Crippen LogP contribution is 2.43. The van der Waals surface area contributed by atoms with Gasteiger partial charge in [-0.05, 0) is 48.0 Å². The highest BCUT2D eigenvalue weighted by molar-refractivity contribution is 7.26. The smallest absolute Gasteiger partial charge is 0.166 e. The minimum absolute atomic E-state index is 0.0685. The zero-order valence-electron chi connectivity index (χ0n) is 36.0. The van der Waals surface area contributed by atoms with Gasteiger partial charge in [-0.25, -0.2) is 15.0 Å². The van der Waals surface area contributed by atoms with Crippen LogP contribution < -0.4 is 0 Å². The van der Waals surface area contributed by atoms with Crippen molar-refractivity contribution in [2.75, 3.05) is 0 Å². The first-order valence-corrected chi connectivity index (χ1v) is 19.3. The van der Waals surface area contributed by atoms with Crippen LogP contribution in [0.25, 0.3) is 115 Å². The molecular weight excluding hydrogens is 717 g/mol. The van der Waals surface area contributed by atoms with Gasteiger partial charge in [0.15, 0.2) is 17.5 Å². The van der Waals surface area contributed by atoms with E-state index in [1.54, 1.807) is 15.9 Å². The molecule has 0 amide bonds. The van der Waals surface area contributed by atoms with E-state index in [0.717, 1.165) is 58.8 Å². The Hall–Kier alpha value is -7.41. The van der Waals surface area contributed by atoms with Gasteiger partial charge in [0.25, 0.3) is 0 Å². The highest BCUT2D eigenvalue weighted by Gasteiger charge is 2.22. The number of para-hydroxylation sites is 4. The molecular formula is C51H30N4OS. The van der Waals surface area contributed by atoms with Gasteiger partial charge in [-0.2, -0.15) is 0 Å². The summed E-state index contributed by atoms with van der Waals surface area (Å²) in [6.07, 6.45) is 0. The lowest BCUT2D eigenvalue weighted by Crippen LogP contribution is -2.04. The Morgan fingerprint density at radius 2 is 1.12 bits per heavy atom. The van der Waals surface area contributed by atoms with Crippen LogP contribution >= 0.6 is 11.3 Å². The minimum Gasteiger partial charge on any atom is -0.455 e. The average molecular weight is 753 g/mol. The van der Waals surface area contributed by atoms with Crippen LogP contribution in [0.1, 0.15) is 8.22 Å². The predicted molar refractivity (Wildman–Crippen MR) is 236 cm³/mol. The summed E-state index contributed by atoms with van der Waals surface area (Å²) in [4.78, 5) is 15.5. The molecule has 0 N–H and O–H groups in total. The van der Waals surface area contributed by atoms with Gasteiger partial charge in [-0.3, -0.25) is 0 Å². The molecule has 12 aromatic rings. The number of furan rings is 1. The third-order valence-corrected chi connectivity index (χ3v) is 11.9. The quantitative estimate of drug-likeness (QED) is 0.176. The first-order chi connectivity index (χ1) is 30.7. The summed E-state index contributed by atoms with van der Waals surface area (Å²) < 4.78 is 64.7. The fourth-order valence-corrected chi connectivity index (χ4v) is 9.27. The largest absolute Gasteiger partial charge is 0.455 e. The van der Waals surface area contributed by atoms with E-state index >= 15 is 0 Å². The van der Waals surface area contributed by atoms with E-state index in [4.69, 9.17) is 24.9 Å². The van der Waals surface area contributed by atoms with Crippen molar-refractivity contribution in [3.05, 3.63) is 182 Å². The molecule has 0 saturated carbocycles. The Bertz CT molecular complexity index is 3830. The van der Waals surface area contributed by atoms with Gasteiger partial charge in [0.05, 0.1) is 24.9 Å². The van der Waals surface area contributed by atoms with Gasteiger partial charge in [-0.15, -0.1) is 11.3 Å². The van der Waals surface area contributed by atoms with Crippen LogP contribution in [-0.2, 0) is 0 Å². The molecule has 0 bridgehead atoms. The van der Waals surface area contributed by atoms with Gasteiger partial charge in [0, 0.05) is 64.0 Å². The van der Waals surface area contributed by atoms with E-state index in [1.807, 2.05) is 115 Å². The molecule has 0 saturated heterocycles. The third-order valence-electron chi connectivity index (χ3n) is 10.6. The number of hydrogen-bond acceptors (Lipinski definition) is 5. The molecule has 8 aromatic carbocycles. The van der Waals surface area contributed by atoms with Crippen molar-refractivity contribution in [2.45, 2.75) is 0 Å². The predicted octanol–water partition coefficient (Wildman–Crippen LogP) is 13.9. The van der Waals surface area contributed by atoms with Crippen LogP contribution in [-0.4, -0.2) is 19.5 Å². The second kappa shape index (κ2) is 12.6. The van der Waals surface area contributed by atoms with Crippen LogP contribution in [0.5, 0.6) is 0 Å². The molecule has 0 spiro atoms. The highest BCUT2D eigenvalue weighted by atomic mass is 32.1. The Labute approximate surface area is 339 Å². The Morgan fingerprint density at radius 3 is 1.93 bits per heavy atom. The maximum atomic E-state index is 9.35. The fraction of sp³-hybridized carbons (Fsp3) is 0. The summed E-state index contributed by atoms with van der Waals surface area (Å²) in [5, 5.41) is 4.48. The SMILES string of the molecule is [2H]c1cc([2H])c2c(c1[2H])c1c([2H])c([2H])cc([2H])c1n2-c1cc(-c2cccc3c2oc2ccccc23)ccc1-c1nc(-c2ccccc2)nc(-c2cccc3c2sc2ccccc23)n1. The number of aromatic nitrogens is 4. The molecule has 0 aliphatic carbocycles. The van der Waals surface area contributed by atoms with Crippen molar-refractivity contribution in [2.24, 2.45) is 0 Å². The summed E-state index contributed by atoms with van der Waals surface area (Å²) in [6.45, 7) is 0. The van der Waals surface area contributed by atoms with Crippen molar-refractivity contribution >= 4 is 75.3 Å². The summed E-state index contributed by atoms with van der Waals surface area (Å²) in [5.74, 6) is 1.22. The number of nitrogens with zero attached hydrogens (tertiary/aromatic N) is 4. The second-order valence-electron chi connectivity index (χ2n) is 13.9. The molecule has 0 radical (unpaired) electrons. The van der Waals surface area contributed by atoms with Gasteiger partial charge >= 0.3 is 0 Å². The van der Waals surface area contributed by atoms with Crippen molar-refractivity contribution in [3.8, 4) is 51.0 Å². The molecule has 4 heterocycles. The Morgan fingerprint density at radius 1 is 0.474 bits per heavy atom. The van der Waals surface area contributed by atoms with E-state index in [0.29, 0.717) is 34.3 Å². The molecule has 0 aliphatic rings. The molecule has 12 rings (SSSR count). The van der Waals surface area contributed by atoms with Crippen molar-refractivity contribution in [1.29, 1.82) is 0 Å². The summed E-state index contributed by atoms with van der Waals surface area (Å²) >= 11 is 1.68. The molecule has 6 heteroatoms. The molecule has 0 unspecified atom stereocenters. The van der Waals surface area contributed by atoms with Crippen LogP contribution in [0.2, 0.25) is 0 Å². The van der Waals surface area contributed by atoms with Crippen LogP contribution in [0.15, 0.2) is 186 Å². The average Bonchev–Trinajstić information content (AvgIpc) is 4.01. The van der Waals surface area contributed by atoms with Crippen LogP contribution in [0.4, 0.5) is 0 Å². The first kappa shape index (κ1) is 26.4. The third kappa shape index (κ3) is 4.98. The molecule has 4 aromatic heterocycles. The van der Waals surface area contributed by atoms with E-state index < -0.39 is 0 Å². The van der Waals surface area contributed by atoms with Gasteiger partial charge in [0.2, 0.25) is 0 Å². The Kier molecular flexibility index (Phi) is 5.82. The minimum atomic E-state index is -0.196. The maximum absolute atomic E-state index is 9.35. The summed E-state index contributed by atoms with van der Waals surface area (Å²) in [6, 6.07) is 45.7. The summed E-state index contributed by atoms with van der Waals surface area (Å²) in [5.41, 5.74) is 6.06. The fourth-order valence-electron chi connectivity index (χ4n) is 8.06. The zero-order valence-corrected chi connectivity index (χ0v) is 30.8. The number of thiophene rings is 1. The lowest BCUT2D eigenvalue weighted by molar-refractivity contribution is 0.670. The van der Waals surface area contributed by atoms with Crippen LogP contribution in [0.3, 0.4) is 0 Å². The lowest BCUT2D eigenvalue weighted by Gasteiger charge is -2.16. The van der Waals surface area contributed by atoms with E-state index in [2.05, 4.69) is 18.2 Å². The zero-order chi connectivity index (χ0) is 42.7. The molecule has 0 fully saturated rings. The van der Waals surface area contributed by atoms with Gasteiger partial charge in [-0.1, -0.05) is 139 Å². The number of rotatable bonds is 5. The molecule has 266 valence electrons. The topological polar surface area (TPSA) is 56.7 Å². The van der Waals surface area contributed by atoms with E-state index in [1.165, 1.54) is 12.1 Å². The number of hydrogen-bond donors (Lipinski definition) is 0. The maximum Gasteiger partial charge on any atom is 0.166 e. The van der Waals surface area contributed by atoms with Crippen molar-refractivity contribution in [3.63, 3.8) is 0 Å². The Balaban J connectivity index is 1.21. The normalized spacial score (nSPS) is 13.3. The van der Waals surface area contributed by atoms with Gasteiger partial charge in [0.1, 0.15) is 11.2 Å². The number of fused-ring (bicyclic) bond motifs is 9.